The topological polar surface area (TPSA) is 64.8 Å². The minimum atomic E-state index is -0.532. The van der Waals surface area contributed by atoms with E-state index in [4.69, 9.17) is 15.2 Å². The molecule has 92 valence electrons. The number of ether oxygens (including phenoxy) is 2. The molecule has 1 aliphatic heterocycles. The van der Waals surface area contributed by atoms with E-state index in [1.807, 2.05) is 24.3 Å². The molecule has 2 rings (SSSR count). The zero-order chi connectivity index (χ0) is 12.3. The van der Waals surface area contributed by atoms with Crippen molar-refractivity contribution in [2.45, 2.75) is 6.10 Å². The number of methoxy groups -OCH3 is 1. The van der Waals surface area contributed by atoms with Crippen LogP contribution in [0.25, 0.3) is 0 Å². The molecule has 0 aromatic heterocycles. The molecule has 1 amide bonds. The molecule has 1 aromatic carbocycles. The van der Waals surface area contributed by atoms with Gasteiger partial charge in [0.25, 0.3) is 0 Å². The van der Waals surface area contributed by atoms with Gasteiger partial charge in [-0.1, -0.05) is 6.07 Å². The van der Waals surface area contributed by atoms with Crippen LogP contribution in [0, 0.1) is 0 Å². The molecular weight excluding hydrogens is 220 g/mol. The van der Waals surface area contributed by atoms with Gasteiger partial charge in [-0.05, 0) is 12.1 Å². The molecule has 1 saturated heterocycles. The van der Waals surface area contributed by atoms with E-state index in [9.17, 15) is 4.79 Å². The van der Waals surface area contributed by atoms with Gasteiger partial charge in [-0.2, -0.15) is 0 Å². The van der Waals surface area contributed by atoms with E-state index in [-0.39, 0.29) is 0 Å². The number of benzene rings is 1. The third-order valence-electron chi connectivity index (χ3n) is 2.80. The van der Waals surface area contributed by atoms with Gasteiger partial charge < -0.3 is 20.1 Å². The normalized spacial score (nSPS) is 20.1. The Balaban J connectivity index is 2.13. The summed E-state index contributed by atoms with van der Waals surface area (Å²) >= 11 is 0. The number of hydrogen-bond donors (Lipinski definition) is 1. The van der Waals surface area contributed by atoms with E-state index < -0.39 is 12.0 Å². The van der Waals surface area contributed by atoms with Crippen molar-refractivity contribution in [1.29, 1.82) is 0 Å². The summed E-state index contributed by atoms with van der Waals surface area (Å²) < 4.78 is 10.5. The Morgan fingerprint density at radius 1 is 1.59 bits per heavy atom. The van der Waals surface area contributed by atoms with Crippen molar-refractivity contribution >= 4 is 11.6 Å². The Labute approximate surface area is 100 Å². The summed E-state index contributed by atoms with van der Waals surface area (Å²) in [5.74, 6) is 0.377. The minimum absolute atomic E-state index is 0.419. The molecule has 1 fully saturated rings. The van der Waals surface area contributed by atoms with Gasteiger partial charge in [0.2, 0.25) is 5.91 Å². The number of nitrogens with zero attached hydrogens (tertiary/aromatic N) is 1. The van der Waals surface area contributed by atoms with Crippen LogP contribution in [0.4, 0.5) is 5.69 Å². The van der Waals surface area contributed by atoms with Gasteiger partial charge >= 0.3 is 0 Å². The molecular formula is C12H16N2O3. The lowest BCUT2D eigenvalue weighted by Crippen LogP contribution is -2.48. The van der Waals surface area contributed by atoms with Crippen LogP contribution < -0.4 is 15.4 Å². The van der Waals surface area contributed by atoms with Gasteiger partial charge in [-0.25, -0.2) is 0 Å². The average molecular weight is 236 g/mol. The molecule has 0 bridgehead atoms. The monoisotopic (exact) mass is 236 g/mol. The number of primary amides is 1. The van der Waals surface area contributed by atoms with Crippen LogP contribution in [0.2, 0.25) is 0 Å². The van der Waals surface area contributed by atoms with Gasteiger partial charge in [0.05, 0.1) is 20.3 Å². The number of anilines is 1. The van der Waals surface area contributed by atoms with Crippen LogP contribution in [0.15, 0.2) is 24.3 Å². The lowest BCUT2D eigenvalue weighted by molar-refractivity contribution is -0.130. The first kappa shape index (κ1) is 11.7. The molecule has 0 aliphatic carbocycles. The van der Waals surface area contributed by atoms with Crippen LogP contribution >= 0.6 is 0 Å². The molecule has 0 radical (unpaired) electrons. The Morgan fingerprint density at radius 3 is 3.12 bits per heavy atom. The number of rotatable bonds is 3. The zero-order valence-corrected chi connectivity index (χ0v) is 9.76. The number of carbonyl (C=O) groups is 1. The molecule has 1 heterocycles. The number of hydrogen-bond acceptors (Lipinski definition) is 4. The first-order chi connectivity index (χ1) is 8.20. The highest BCUT2D eigenvalue weighted by atomic mass is 16.5. The highest BCUT2D eigenvalue weighted by molar-refractivity contribution is 5.79. The SMILES string of the molecule is COc1cccc(N2CCOC(C(N)=O)C2)c1. The molecule has 0 spiro atoms. The highest BCUT2D eigenvalue weighted by Crippen LogP contribution is 2.22. The molecule has 17 heavy (non-hydrogen) atoms. The Hall–Kier alpha value is -1.75. The largest absolute Gasteiger partial charge is 0.497 e. The average Bonchev–Trinajstić information content (AvgIpc) is 2.39. The highest BCUT2D eigenvalue weighted by Gasteiger charge is 2.24. The molecule has 5 heteroatoms. The van der Waals surface area contributed by atoms with E-state index in [2.05, 4.69) is 4.90 Å². The van der Waals surface area contributed by atoms with Gasteiger partial charge in [-0.15, -0.1) is 0 Å². The summed E-state index contributed by atoms with van der Waals surface area (Å²) in [5, 5.41) is 0. The van der Waals surface area contributed by atoms with Crippen molar-refractivity contribution in [3.05, 3.63) is 24.3 Å². The van der Waals surface area contributed by atoms with Crippen LogP contribution in [-0.2, 0) is 9.53 Å². The second kappa shape index (κ2) is 5.05. The fourth-order valence-electron chi connectivity index (χ4n) is 1.86. The lowest BCUT2D eigenvalue weighted by Gasteiger charge is -2.33. The number of amides is 1. The number of nitrogens with two attached hydrogens (primary N) is 1. The molecule has 2 N–H and O–H groups in total. The Kier molecular flexibility index (Phi) is 3.49. The molecule has 1 atom stereocenters. The quantitative estimate of drug-likeness (QED) is 0.824. The predicted octanol–water partition coefficient (Wildman–Crippen LogP) is 0.386. The Morgan fingerprint density at radius 2 is 2.41 bits per heavy atom. The van der Waals surface area contributed by atoms with Crippen molar-refractivity contribution in [2.75, 3.05) is 31.7 Å². The third-order valence-corrected chi connectivity index (χ3v) is 2.80. The van der Waals surface area contributed by atoms with Crippen molar-refractivity contribution < 1.29 is 14.3 Å². The lowest BCUT2D eigenvalue weighted by atomic mass is 10.2. The van der Waals surface area contributed by atoms with E-state index in [1.54, 1.807) is 7.11 Å². The third kappa shape index (κ3) is 2.68. The van der Waals surface area contributed by atoms with Crippen molar-refractivity contribution in [3.8, 4) is 5.75 Å². The van der Waals surface area contributed by atoms with Crippen LogP contribution in [0.5, 0.6) is 5.75 Å². The molecule has 1 aliphatic rings. The summed E-state index contributed by atoms with van der Waals surface area (Å²) in [4.78, 5) is 13.2. The van der Waals surface area contributed by atoms with E-state index in [1.165, 1.54) is 0 Å². The van der Waals surface area contributed by atoms with Gasteiger partial charge in [0.1, 0.15) is 5.75 Å². The maximum Gasteiger partial charge on any atom is 0.248 e. The van der Waals surface area contributed by atoms with Gasteiger partial charge in [0.15, 0.2) is 6.10 Å². The zero-order valence-electron chi connectivity index (χ0n) is 9.76. The van der Waals surface area contributed by atoms with Crippen LogP contribution in [0.3, 0.4) is 0 Å². The summed E-state index contributed by atoms with van der Waals surface area (Å²) in [5.41, 5.74) is 6.26. The molecule has 1 aromatic rings. The van der Waals surface area contributed by atoms with Crippen molar-refractivity contribution in [1.82, 2.24) is 0 Å². The second-order valence-corrected chi connectivity index (χ2v) is 3.91. The summed E-state index contributed by atoms with van der Waals surface area (Å²) in [6.07, 6.45) is -0.532. The van der Waals surface area contributed by atoms with Crippen LogP contribution in [-0.4, -0.2) is 38.8 Å². The summed E-state index contributed by atoms with van der Waals surface area (Å²) in [6.45, 7) is 1.74. The Bertz CT molecular complexity index is 408. The summed E-state index contributed by atoms with van der Waals surface area (Å²) in [7, 11) is 1.63. The first-order valence-electron chi connectivity index (χ1n) is 5.50. The number of morpholine rings is 1. The fourth-order valence-corrected chi connectivity index (χ4v) is 1.86. The van der Waals surface area contributed by atoms with E-state index in [0.29, 0.717) is 13.2 Å². The van der Waals surface area contributed by atoms with Crippen LogP contribution in [0.1, 0.15) is 0 Å². The molecule has 5 nitrogen and oxygen atoms in total. The second-order valence-electron chi connectivity index (χ2n) is 3.91. The number of carbonyl (C=O) groups excluding carboxylic acids is 1. The van der Waals surface area contributed by atoms with Crippen molar-refractivity contribution in [3.63, 3.8) is 0 Å². The standard InChI is InChI=1S/C12H16N2O3/c1-16-10-4-2-3-9(7-10)14-5-6-17-11(8-14)12(13)15/h2-4,7,11H,5-6,8H2,1H3,(H2,13,15). The maximum absolute atomic E-state index is 11.1. The van der Waals surface area contributed by atoms with E-state index >= 15 is 0 Å². The molecule has 1 unspecified atom stereocenters. The van der Waals surface area contributed by atoms with Gasteiger partial charge in [-0.3, -0.25) is 4.79 Å². The van der Waals surface area contributed by atoms with E-state index in [0.717, 1.165) is 18.0 Å². The minimum Gasteiger partial charge on any atom is -0.497 e. The fraction of sp³-hybridized carbons (Fsp3) is 0.417. The van der Waals surface area contributed by atoms with Gasteiger partial charge in [0, 0.05) is 18.3 Å². The predicted molar refractivity (Wildman–Crippen MR) is 64.1 cm³/mol. The smallest absolute Gasteiger partial charge is 0.248 e. The maximum atomic E-state index is 11.1. The first-order valence-corrected chi connectivity index (χ1v) is 5.50. The summed E-state index contributed by atoms with van der Waals surface area (Å²) in [6, 6.07) is 7.72. The van der Waals surface area contributed by atoms with Crippen molar-refractivity contribution in [2.24, 2.45) is 5.73 Å². The molecule has 0 saturated carbocycles.